The van der Waals surface area contributed by atoms with Crippen LogP contribution in [0.1, 0.15) is 37.6 Å². The van der Waals surface area contributed by atoms with Gasteiger partial charge in [0, 0.05) is 24.2 Å². The number of carbonyl (C=O) groups excluding carboxylic acids is 1. The first-order chi connectivity index (χ1) is 10.3. The minimum Gasteiger partial charge on any atom is -0.348 e. The summed E-state index contributed by atoms with van der Waals surface area (Å²) in [7, 11) is 0. The van der Waals surface area contributed by atoms with Crippen molar-refractivity contribution in [3.05, 3.63) is 33.9 Å². The Hall–Kier alpha value is -1.60. The largest absolute Gasteiger partial charge is 0.348 e. The lowest BCUT2D eigenvalue weighted by molar-refractivity contribution is -0.387. The first-order valence-corrected chi connectivity index (χ1v) is 8.25. The highest BCUT2D eigenvalue weighted by Gasteiger charge is 2.18. The third-order valence-corrected chi connectivity index (χ3v) is 4.20. The van der Waals surface area contributed by atoms with Crippen LogP contribution in [-0.4, -0.2) is 29.2 Å². The standard InChI is InChI=1S/C15H23N3O3S/c1-10(2)6-7-22-14-5-4-12(8-13(14)18(20)21)15(19)17-11(3)9-16/h4-5,8,10-11H,6-7,9,16H2,1-3H3,(H,17,19)/t11-/m0/s1. The molecule has 0 aliphatic carbocycles. The van der Waals surface area contributed by atoms with E-state index in [9.17, 15) is 14.9 Å². The average molecular weight is 325 g/mol. The number of benzene rings is 1. The van der Waals surface area contributed by atoms with E-state index in [0.29, 0.717) is 17.4 Å². The van der Waals surface area contributed by atoms with Gasteiger partial charge in [0.2, 0.25) is 0 Å². The molecular weight excluding hydrogens is 302 g/mol. The maximum atomic E-state index is 12.0. The third-order valence-electron chi connectivity index (χ3n) is 3.10. The number of nitrogens with zero attached hydrogens (tertiary/aromatic N) is 1. The normalized spacial score (nSPS) is 12.2. The van der Waals surface area contributed by atoms with E-state index >= 15 is 0 Å². The molecule has 1 aromatic rings. The molecule has 1 atom stereocenters. The van der Waals surface area contributed by atoms with Crippen molar-refractivity contribution in [2.45, 2.75) is 38.1 Å². The molecule has 0 radical (unpaired) electrons. The summed E-state index contributed by atoms with van der Waals surface area (Å²) in [6, 6.07) is 4.41. The van der Waals surface area contributed by atoms with Crippen LogP contribution in [-0.2, 0) is 0 Å². The molecule has 0 saturated heterocycles. The zero-order valence-corrected chi connectivity index (χ0v) is 14.0. The van der Waals surface area contributed by atoms with E-state index in [0.717, 1.165) is 12.2 Å². The van der Waals surface area contributed by atoms with Gasteiger partial charge in [-0.3, -0.25) is 14.9 Å². The minimum atomic E-state index is -0.444. The number of nitrogens with two attached hydrogens (primary N) is 1. The van der Waals surface area contributed by atoms with Gasteiger partial charge in [0.25, 0.3) is 11.6 Å². The van der Waals surface area contributed by atoms with E-state index in [1.165, 1.54) is 17.8 Å². The first-order valence-electron chi connectivity index (χ1n) is 7.27. The topological polar surface area (TPSA) is 98.3 Å². The molecule has 122 valence electrons. The summed E-state index contributed by atoms with van der Waals surface area (Å²) in [6.45, 7) is 6.32. The van der Waals surface area contributed by atoms with E-state index < -0.39 is 4.92 Å². The van der Waals surface area contributed by atoms with Crippen LogP contribution in [0, 0.1) is 16.0 Å². The molecule has 0 aliphatic rings. The van der Waals surface area contributed by atoms with Gasteiger partial charge >= 0.3 is 0 Å². The van der Waals surface area contributed by atoms with Crippen LogP contribution in [0.4, 0.5) is 5.69 Å². The predicted molar refractivity (Wildman–Crippen MR) is 89.3 cm³/mol. The first kappa shape index (κ1) is 18.4. The lowest BCUT2D eigenvalue weighted by Gasteiger charge is -2.12. The summed E-state index contributed by atoms with van der Waals surface area (Å²) in [6.07, 6.45) is 0.984. The van der Waals surface area contributed by atoms with Crippen LogP contribution in [0.5, 0.6) is 0 Å². The highest BCUT2D eigenvalue weighted by molar-refractivity contribution is 7.99. The Bertz CT molecular complexity index is 535. The molecule has 3 N–H and O–H groups in total. The smallest absolute Gasteiger partial charge is 0.283 e. The van der Waals surface area contributed by atoms with Crippen LogP contribution in [0.2, 0.25) is 0 Å². The Kier molecular flexibility index (Phi) is 7.34. The van der Waals surface area contributed by atoms with Gasteiger partial charge in [-0.25, -0.2) is 0 Å². The Morgan fingerprint density at radius 1 is 1.41 bits per heavy atom. The Labute approximate surface area is 135 Å². The molecule has 0 unspecified atom stereocenters. The molecule has 0 aromatic heterocycles. The summed E-state index contributed by atoms with van der Waals surface area (Å²) in [5, 5.41) is 13.9. The summed E-state index contributed by atoms with van der Waals surface area (Å²) in [5.74, 6) is 1.02. The summed E-state index contributed by atoms with van der Waals surface area (Å²) < 4.78 is 0. The number of carbonyl (C=O) groups is 1. The van der Waals surface area contributed by atoms with Crippen molar-refractivity contribution >= 4 is 23.4 Å². The number of nitrogens with one attached hydrogen (secondary N) is 1. The van der Waals surface area contributed by atoms with Crippen LogP contribution in [0.15, 0.2) is 23.1 Å². The summed E-state index contributed by atoms with van der Waals surface area (Å²) in [5.41, 5.74) is 5.71. The second-order valence-corrected chi connectivity index (χ2v) is 6.72. The quantitative estimate of drug-likeness (QED) is 0.435. The molecular formula is C15H23N3O3S. The molecule has 0 saturated carbocycles. The van der Waals surface area contributed by atoms with Crippen LogP contribution in [0.3, 0.4) is 0 Å². The highest BCUT2D eigenvalue weighted by Crippen LogP contribution is 2.31. The van der Waals surface area contributed by atoms with Crippen LogP contribution >= 0.6 is 11.8 Å². The van der Waals surface area contributed by atoms with Crippen molar-refractivity contribution in [1.29, 1.82) is 0 Å². The maximum Gasteiger partial charge on any atom is 0.283 e. The molecule has 0 fully saturated rings. The highest BCUT2D eigenvalue weighted by atomic mass is 32.2. The third kappa shape index (κ3) is 5.65. The van der Waals surface area contributed by atoms with Crippen molar-refractivity contribution in [2.75, 3.05) is 12.3 Å². The van der Waals surface area contributed by atoms with E-state index in [2.05, 4.69) is 19.2 Å². The molecule has 1 rings (SSSR count). The number of amides is 1. The van der Waals surface area contributed by atoms with Gasteiger partial charge in [0.05, 0.1) is 9.82 Å². The fourth-order valence-corrected chi connectivity index (χ4v) is 2.95. The predicted octanol–water partition coefficient (Wildman–Crippen LogP) is 2.81. The monoisotopic (exact) mass is 325 g/mol. The van der Waals surface area contributed by atoms with Gasteiger partial charge in [-0.05, 0) is 37.1 Å². The maximum absolute atomic E-state index is 12.0. The van der Waals surface area contributed by atoms with Gasteiger partial charge < -0.3 is 11.1 Å². The molecule has 7 heteroatoms. The van der Waals surface area contributed by atoms with Gasteiger partial charge in [0.15, 0.2) is 0 Å². The number of nitro benzene ring substituents is 1. The molecule has 0 bridgehead atoms. The molecule has 0 aliphatic heterocycles. The Morgan fingerprint density at radius 3 is 2.64 bits per heavy atom. The summed E-state index contributed by atoms with van der Waals surface area (Å²) >= 11 is 1.45. The second-order valence-electron chi connectivity index (χ2n) is 5.58. The van der Waals surface area contributed by atoms with Crippen molar-refractivity contribution in [3.8, 4) is 0 Å². The SMILES string of the molecule is CC(C)CCSc1ccc(C(=O)N[C@@H](C)CN)cc1[N+](=O)[O-]. The van der Waals surface area contributed by atoms with Gasteiger partial charge in [-0.1, -0.05) is 13.8 Å². The molecule has 1 amide bonds. The van der Waals surface area contributed by atoms with Crippen molar-refractivity contribution in [1.82, 2.24) is 5.32 Å². The molecule has 1 aromatic carbocycles. The van der Waals surface area contributed by atoms with Crippen LogP contribution < -0.4 is 11.1 Å². The number of thioether (sulfide) groups is 1. The van der Waals surface area contributed by atoms with Gasteiger partial charge in [-0.2, -0.15) is 0 Å². The average Bonchev–Trinajstić information content (AvgIpc) is 2.46. The molecule has 22 heavy (non-hydrogen) atoms. The molecule has 0 spiro atoms. The van der Waals surface area contributed by atoms with Gasteiger partial charge in [0.1, 0.15) is 0 Å². The Morgan fingerprint density at radius 2 is 2.09 bits per heavy atom. The van der Waals surface area contributed by atoms with Crippen molar-refractivity contribution < 1.29 is 9.72 Å². The number of rotatable bonds is 8. The lowest BCUT2D eigenvalue weighted by atomic mass is 10.1. The number of nitro groups is 1. The van der Waals surface area contributed by atoms with Gasteiger partial charge in [-0.15, -0.1) is 11.8 Å². The molecule has 6 nitrogen and oxygen atoms in total. The molecule has 0 heterocycles. The minimum absolute atomic E-state index is 0.0261. The van der Waals surface area contributed by atoms with E-state index in [1.807, 2.05) is 0 Å². The summed E-state index contributed by atoms with van der Waals surface area (Å²) in [4.78, 5) is 23.4. The van der Waals surface area contributed by atoms with E-state index in [1.54, 1.807) is 19.1 Å². The lowest BCUT2D eigenvalue weighted by Crippen LogP contribution is -2.37. The zero-order chi connectivity index (χ0) is 16.7. The second kappa shape index (κ2) is 8.75. The fourth-order valence-electron chi connectivity index (χ4n) is 1.69. The number of hydrogen-bond acceptors (Lipinski definition) is 5. The van der Waals surface area contributed by atoms with Crippen molar-refractivity contribution in [3.63, 3.8) is 0 Å². The van der Waals surface area contributed by atoms with E-state index in [4.69, 9.17) is 5.73 Å². The number of hydrogen-bond donors (Lipinski definition) is 2. The van der Waals surface area contributed by atoms with Crippen LogP contribution in [0.25, 0.3) is 0 Å². The van der Waals surface area contributed by atoms with Crippen molar-refractivity contribution in [2.24, 2.45) is 11.7 Å². The zero-order valence-electron chi connectivity index (χ0n) is 13.2. The Balaban J connectivity index is 2.89. The van der Waals surface area contributed by atoms with E-state index in [-0.39, 0.29) is 23.2 Å². The fraction of sp³-hybridized carbons (Fsp3) is 0.533.